The van der Waals surface area contributed by atoms with Crippen LogP contribution in [0.4, 0.5) is 10.2 Å². The van der Waals surface area contributed by atoms with E-state index in [1.165, 1.54) is 23.9 Å². The normalized spacial score (nSPS) is 17.4. The van der Waals surface area contributed by atoms with E-state index in [-0.39, 0.29) is 35.2 Å². The van der Waals surface area contributed by atoms with Crippen LogP contribution in [0, 0.1) is 12.7 Å². The quantitative estimate of drug-likeness (QED) is 0.346. The van der Waals surface area contributed by atoms with Crippen LogP contribution < -0.4 is 4.90 Å². The van der Waals surface area contributed by atoms with Crippen molar-refractivity contribution < 1.29 is 18.7 Å². The largest absolute Gasteiger partial charge is 0.378 e. The molecule has 0 aliphatic carbocycles. The summed E-state index contributed by atoms with van der Waals surface area (Å²) in [4.78, 5) is 30.7. The summed E-state index contributed by atoms with van der Waals surface area (Å²) in [5.41, 5.74) is 5.26. The highest BCUT2D eigenvalue weighted by Gasteiger charge is 2.38. The third-order valence-corrected chi connectivity index (χ3v) is 8.57. The van der Waals surface area contributed by atoms with Crippen molar-refractivity contribution in [2.45, 2.75) is 12.2 Å². The monoisotopic (exact) mass is 556 g/mol. The number of fused-ring (bicyclic) bond motifs is 1. The maximum atomic E-state index is 14.0. The van der Waals surface area contributed by atoms with Crippen molar-refractivity contribution in [3.8, 4) is 16.9 Å². The first-order chi connectivity index (χ1) is 19.5. The zero-order valence-corrected chi connectivity index (χ0v) is 22.9. The standard InChI is InChI=1S/C31H29FN4O3S/c1-21-7-5-6-10-25(21)30-28-29(22-8-3-2-4-9-22)33-36(24-13-11-23(32)12-14-24)31(28)35(27(38)20-40-30)19-26(37)34-15-17-39-18-16-34/h2-14,30H,15-20H2,1H3. The minimum Gasteiger partial charge on any atom is -0.378 e. The highest BCUT2D eigenvalue weighted by Crippen LogP contribution is 2.49. The number of rotatable bonds is 5. The van der Waals surface area contributed by atoms with Crippen LogP contribution >= 0.6 is 11.8 Å². The lowest BCUT2D eigenvalue weighted by Gasteiger charge is -2.30. The molecule has 0 saturated carbocycles. The Morgan fingerprint density at radius 1 is 1.00 bits per heavy atom. The maximum absolute atomic E-state index is 14.0. The number of anilines is 1. The lowest BCUT2D eigenvalue weighted by molar-refractivity contribution is -0.134. The number of halogens is 1. The molecule has 2 amide bonds. The van der Waals surface area contributed by atoms with E-state index in [0.29, 0.717) is 37.8 Å². The number of thioether (sulfide) groups is 1. The first-order valence-corrected chi connectivity index (χ1v) is 14.3. The summed E-state index contributed by atoms with van der Waals surface area (Å²) in [6.07, 6.45) is 0. The second kappa shape index (κ2) is 11.3. The van der Waals surface area contributed by atoms with Gasteiger partial charge in [-0.05, 0) is 42.3 Å². The number of carbonyl (C=O) groups is 2. The Morgan fingerprint density at radius 3 is 2.42 bits per heavy atom. The van der Waals surface area contributed by atoms with Gasteiger partial charge in [-0.3, -0.25) is 14.5 Å². The van der Waals surface area contributed by atoms with Gasteiger partial charge in [-0.2, -0.15) is 5.10 Å². The molecule has 3 aromatic carbocycles. The van der Waals surface area contributed by atoms with Crippen LogP contribution in [0.3, 0.4) is 0 Å². The smallest absolute Gasteiger partial charge is 0.242 e. The minimum atomic E-state index is -0.367. The van der Waals surface area contributed by atoms with E-state index >= 15 is 0 Å². The Labute approximate surface area is 236 Å². The zero-order valence-electron chi connectivity index (χ0n) is 22.1. The third kappa shape index (κ3) is 5.02. The Balaban J connectivity index is 1.59. The van der Waals surface area contributed by atoms with Crippen molar-refractivity contribution in [2.24, 2.45) is 0 Å². The summed E-state index contributed by atoms with van der Waals surface area (Å²) < 4.78 is 21.1. The number of amides is 2. The van der Waals surface area contributed by atoms with Crippen LogP contribution in [0.25, 0.3) is 16.9 Å². The Morgan fingerprint density at radius 2 is 1.70 bits per heavy atom. The SMILES string of the molecule is Cc1ccccc1C1SCC(=O)N(CC(=O)N2CCOCC2)c2c1c(-c1ccccc1)nn2-c1ccc(F)cc1. The molecular weight excluding hydrogens is 527 g/mol. The van der Waals surface area contributed by atoms with Crippen LogP contribution in [-0.2, 0) is 14.3 Å². The fraction of sp³-hybridized carbons (Fsp3) is 0.258. The summed E-state index contributed by atoms with van der Waals surface area (Å²) >= 11 is 1.54. The predicted octanol–water partition coefficient (Wildman–Crippen LogP) is 5.01. The lowest BCUT2D eigenvalue weighted by atomic mass is 9.97. The minimum absolute atomic E-state index is 0.117. The highest BCUT2D eigenvalue weighted by atomic mass is 32.2. The molecule has 9 heteroatoms. The Kier molecular flexibility index (Phi) is 7.40. The average molecular weight is 557 g/mol. The molecule has 3 heterocycles. The van der Waals surface area contributed by atoms with E-state index in [1.807, 2.05) is 42.5 Å². The zero-order chi connectivity index (χ0) is 27.6. The molecule has 1 saturated heterocycles. The Bertz CT molecular complexity index is 1530. The lowest BCUT2D eigenvalue weighted by Crippen LogP contribution is -2.48. The first-order valence-electron chi connectivity index (χ1n) is 13.3. The summed E-state index contributed by atoms with van der Waals surface area (Å²) in [5, 5.41) is 4.84. The van der Waals surface area contributed by atoms with Crippen LogP contribution in [0.2, 0.25) is 0 Å². The molecule has 0 N–H and O–H groups in total. The number of ether oxygens (including phenoxy) is 1. The van der Waals surface area contributed by atoms with Crippen molar-refractivity contribution >= 4 is 29.4 Å². The molecule has 204 valence electrons. The number of carbonyl (C=O) groups excluding carboxylic acids is 2. The van der Waals surface area contributed by atoms with Gasteiger partial charge < -0.3 is 9.64 Å². The van der Waals surface area contributed by atoms with E-state index in [9.17, 15) is 14.0 Å². The van der Waals surface area contributed by atoms with Crippen molar-refractivity contribution in [3.05, 3.63) is 101 Å². The van der Waals surface area contributed by atoms with E-state index in [0.717, 1.165) is 27.9 Å². The van der Waals surface area contributed by atoms with Gasteiger partial charge >= 0.3 is 0 Å². The van der Waals surface area contributed by atoms with Gasteiger partial charge in [-0.25, -0.2) is 9.07 Å². The van der Waals surface area contributed by atoms with E-state index in [4.69, 9.17) is 9.84 Å². The van der Waals surface area contributed by atoms with Crippen LogP contribution in [0.5, 0.6) is 0 Å². The molecule has 1 unspecified atom stereocenters. The van der Waals surface area contributed by atoms with Gasteiger partial charge in [0.15, 0.2) is 0 Å². The van der Waals surface area contributed by atoms with Crippen molar-refractivity contribution in [1.29, 1.82) is 0 Å². The van der Waals surface area contributed by atoms with E-state index in [2.05, 4.69) is 19.1 Å². The number of hydrogen-bond donors (Lipinski definition) is 0. The third-order valence-electron chi connectivity index (χ3n) is 7.34. The maximum Gasteiger partial charge on any atom is 0.242 e. The molecule has 0 spiro atoms. The first kappa shape index (κ1) is 26.3. The van der Waals surface area contributed by atoms with Gasteiger partial charge in [0.05, 0.1) is 35.6 Å². The summed E-state index contributed by atoms with van der Waals surface area (Å²) in [7, 11) is 0. The number of aromatic nitrogens is 2. The molecule has 7 nitrogen and oxygen atoms in total. The second-order valence-electron chi connectivity index (χ2n) is 9.86. The molecule has 6 rings (SSSR count). The molecule has 4 aromatic rings. The molecule has 1 fully saturated rings. The number of nitrogens with zero attached hydrogens (tertiary/aromatic N) is 4. The number of hydrogen-bond acceptors (Lipinski definition) is 5. The molecule has 0 radical (unpaired) electrons. The van der Waals surface area contributed by atoms with Gasteiger partial charge in [0, 0.05) is 24.2 Å². The van der Waals surface area contributed by atoms with Gasteiger partial charge in [0.25, 0.3) is 0 Å². The molecule has 1 aromatic heterocycles. The second-order valence-corrected chi connectivity index (χ2v) is 11.0. The molecule has 1 atom stereocenters. The fourth-order valence-electron chi connectivity index (χ4n) is 5.27. The van der Waals surface area contributed by atoms with Crippen LogP contribution in [-0.4, -0.2) is 65.1 Å². The van der Waals surface area contributed by atoms with Gasteiger partial charge in [0.1, 0.15) is 18.2 Å². The summed E-state index contributed by atoms with van der Waals surface area (Å²) in [6.45, 7) is 3.87. The van der Waals surface area contributed by atoms with E-state index < -0.39 is 0 Å². The average Bonchev–Trinajstić information content (AvgIpc) is 3.31. The van der Waals surface area contributed by atoms with Crippen LogP contribution in [0.15, 0.2) is 78.9 Å². The topological polar surface area (TPSA) is 67.7 Å². The number of benzene rings is 3. The highest BCUT2D eigenvalue weighted by molar-refractivity contribution is 8.00. The molecule has 0 bridgehead atoms. The van der Waals surface area contributed by atoms with Crippen molar-refractivity contribution in [3.63, 3.8) is 0 Å². The summed E-state index contributed by atoms with van der Waals surface area (Å²) in [5.74, 6) is 0.0492. The van der Waals surface area contributed by atoms with Gasteiger partial charge in [-0.1, -0.05) is 54.6 Å². The molecule has 2 aliphatic heterocycles. The predicted molar refractivity (Wildman–Crippen MR) is 154 cm³/mol. The van der Waals surface area contributed by atoms with E-state index in [1.54, 1.807) is 26.6 Å². The van der Waals surface area contributed by atoms with Crippen molar-refractivity contribution in [2.75, 3.05) is 43.5 Å². The number of morpholine rings is 1. The van der Waals surface area contributed by atoms with Gasteiger partial charge in [-0.15, -0.1) is 11.8 Å². The summed E-state index contributed by atoms with van der Waals surface area (Å²) in [6, 6.07) is 24.0. The molecule has 2 aliphatic rings. The Hall–Kier alpha value is -3.95. The number of aryl methyl sites for hydroxylation is 1. The van der Waals surface area contributed by atoms with Gasteiger partial charge in [0.2, 0.25) is 11.8 Å². The molecule has 40 heavy (non-hydrogen) atoms. The fourth-order valence-corrected chi connectivity index (χ4v) is 6.56. The van der Waals surface area contributed by atoms with Crippen LogP contribution in [0.1, 0.15) is 21.9 Å². The van der Waals surface area contributed by atoms with Crippen molar-refractivity contribution in [1.82, 2.24) is 14.7 Å². The molecular formula is C31H29FN4O3S.